The monoisotopic (exact) mass is 286 g/mol. The van der Waals surface area contributed by atoms with E-state index in [9.17, 15) is 13.2 Å². The summed E-state index contributed by atoms with van der Waals surface area (Å²) in [6, 6.07) is 8.53. The molecular weight excluding hydrogens is 277 g/mol. The molecule has 2 rings (SSSR count). The van der Waals surface area contributed by atoms with E-state index in [4.69, 9.17) is 17.3 Å². The van der Waals surface area contributed by atoms with Crippen LogP contribution in [0.3, 0.4) is 0 Å². The summed E-state index contributed by atoms with van der Waals surface area (Å²) >= 11 is 5.84. The Labute approximate surface area is 113 Å². The smallest absolute Gasteiger partial charge is 0.320 e. The number of rotatable bonds is 2. The zero-order chi connectivity index (χ0) is 14.0. The Morgan fingerprint density at radius 3 is 2.37 bits per heavy atom. The van der Waals surface area contributed by atoms with Crippen molar-refractivity contribution in [3.8, 4) is 0 Å². The molecule has 1 atom stereocenters. The molecule has 0 aliphatic carbocycles. The second-order valence-corrected chi connectivity index (χ2v) is 4.44. The predicted molar refractivity (Wildman–Crippen MR) is 66.7 cm³/mol. The van der Waals surface area contributed by atoms with E-state index in [1.807, 2.05) is 0 Å². The van der Waals surface area contributed by atoms with E-state index in [2.05, 4.69) is 4.98 Å². The highest BCUT2D eigenvalue weighted by Gasteiger charge is 2.32. The molecule has 0 bridgehead atoms. The van der Waals surface area contributed by atoms with Crippen LogP contribution < -0.4 is 5.73 Å². The lowest BCUT2D eigenvalue weighted by Crippen LogP contribution is -2.14. The summed E-state index contributed by atoms with van der Waals surface area (Å²) in [7, 11) is 0. The van der Waals surface area contributed by atoms with Gasteiger partial charge in [0.25, 0.3) is 0 Å². The Bertz CT molecular complexity index is 567. The highest BCUT2D eigenvalue weighted by molar-refractivity contribution is 6.30. The van der Waals surface area contributed by atoms with Gasteiger partial charge in [-0.25, -0.2) is 0 Å². The van der Waals surface area contributed by atoms with Crippen molar-refractivity contribution in [3.05, 3.63) is 64.4 Å². The van der Waals surface area contributed by atoms with E-state index in [1.165, 1.54) is 6.07 Å². The van der Waals surface area contributed by atoms with Gasteiger partial charge in [0.1, 0.15) is 5.69 Å². The minimum Gasteiger partial charge on any atom is -0.320 e. The molecule has 0 aliphatic heterocycles. The van der Waals surface area contributed by atoms with Crippen molar-refractivity contribution in [2.24, 2.45) is 5.73 Å². The zero-order valence-electron chi connectivity index (χ0n) is 9.66. The highest BCUT2D eigenvalue weighted by atomic mass is 35.5. The van der Waals surface area contributed by atoms with Crippen molar-refractivity contribution in [3.63, 3.8) is 0 Å². The van der Waals surface area contributed by atoms with Gasteiger partial charge in [0.05, 0.1) is 6.04 Å². The van der Waals surface area contributed by atoms with Crippen LogP contribution in [0, 0.1) is 0 Å². The number of benzene rings is 1. The lowest BCUT2D eigenvalue weighted by molar-refractivity contribution is -0.141. The first-order chi connectivity index (χ1) is 8.88. The highest BCUT2D eigenvalue weighted by Crippen LogP contribution is 2.28. The van der Waals surface area contributed by atoms with Crippen LogP contribution in [0.25, 0.3) is 0 Å². The summed E-state index contributed by atoms with van der Waals surface area (Å²) in [4.78, 5) is 3.38. The number of nitrogens with zero attached hydrogens (tertiary/aromatic N) is 1. The Morgan fingerprint density at radius 1 is 1.11 bits per heavy atom. The van der Waals surface area contributed by atoms with Crippen LogP contribution in [0.4, 0.5) is 13.2 Å². The minimum absolute atomic E-state index is 0.496. The van der Waals surface area contributed by atoms with Crippen molar-refractivity contribution in [1.82, 2.24) is 4.98 Å². The molecular formula is C13H10ClF3N2. The maximum Gasteiger partial charge on any atom is 0.433 e. The van der Waals surface area contributed by atoms with Crippen molar-refractivity contribution in [2.75, 3.05) is 0 Å². The van der Waals surface area contributed by atoms with Crippen LogP contribution in [0.1, 0.15) is 22.9 Å². The Balaban J connectivity index is 2.27. The quantitative estimate of drug-likeness (QED) is 0.912. The average molecular weight is 287 g/mol. The van der Waals surface area contributed by atoms with Gasteiger partial charge in [-0.2, -0.15) is 13.2 Å². The van der Waals surface area contributed by atoms with E-state index in [-0.39, 0.29) is 0 Å². The van der Waals surface area contributed by atoms with Gasteiger partial charge < -0.3 is 5.73 Å². The lowest BCUT2D eigenvalue weighted by atomic mass is 10.0. The first-order valence-electron chi connectivity index (χ1n) is 5.42. The number of hydrogen-bond donors (Lipinski definition) is 1. The van der Waals surface area contributed by atoms with Gasteiger partial charge in [-0.1, -0.05) is 29.8 Å². The molecule has 0 saturated heterocycles. The first-order valence-corrected chi connectivity index (χ1v) is 5.80. The fourth-order valence-corrected chi connectivity index (χ4v) is 1.85. The minimum atomic E-state index is -4.45. The van der Waals surface area contributed by atoms with Crippen molar-refractivity contribution in [1.29, 1.82) is 0 Å². The normalized spacial score (nSPS) is 13.3. The van der Waals surface area contributed by atoms with E-state index < -0.39 is 17.9 Å². The molecule has 0 amide bonds. The van der Waals surface area contributed by atoms with Crippen LogP contribution in [-0.4, -0.2) is 4.98 Å². The van der Waals surface area contributed by atoms with Gasteiger partial charge in [0, 0.05) is 11.2 Å². The largest absolute Gasteiger partial charge is 0.433 e. The molecule has 0 aliphatic rings. The molecule has 6 heteroatoms. The van der Waals surface area contributed by atoms with Crippen LogP contribution in [-0.2, 0) is 6.18 Å². The third kappa shape index (κ3) is 3.24. The number of halogens is 4. The second-order valence-electron chi connectivity index (χ2n) is 4.01. The Morgan fingerprint density at radius 2 is 1.84 bits per heavy atom. The summed E-state index contributed by atoms with van der Waals surface area (Å²) in [5.41, 5.74) is 6.24. The maximum atomic E-state index is 12.4. The summed E-state index contributed by atoms with van der Waals surface area (Å²) in [6.45, 7) is 0. The van der Waals surface area contributed by atoms with Gasteiger partial charge in [0.15, 0.2) is 0 Å². The summed E-state index contributed by atoms with van der Waals surface area (Å²) in [5.74, 6) is 0. The fraction of sp³-hybridized carbons (Fsp3) is 0.154. The molecule has 0 saturated carbocycles. The molecule has 0 spiro atoms. The second kappa shape index (κ2) is 5.19. The summed E-state index contributed by atoms with van der Waals surface area (Å²) in [6.07, 6.45) is -3.31. The topological polar surface area (TPSA) is 38.9 Å². The molecule has 0 fully saturated rings. The average Bonchev–Trinajstić information content (AvgIpc) is 2.37. The van der Waals surface area contributed by atoms with Gasteiger partial charge in [-0.3, -0.25) is 4.98 Å². The third-order valence-electron chi connectivity index (χ3n) is 2.64. The van der Waals surface area contributed by atoms with Gasteiger partial charge in [-0.15, -0.1) is 0 Å². The molecule has 0 radical (unpaired) electrons. The molecule has 19 heavy (non-hydrogen) atoms. The van der Waals surface area contributed by atoms with Gasteiger partial charge >= 0.3 is 6.18 Å². The molecule has 2 nitrogen and oxygen atoms in total. The number of alkyl halides is 3. The van der Waals surface area contributed by atoms with Crippen LogP contribution >= 0.6 is 11.6 Å². The van der Waals surface area contributed by atoms with Gasteiger partial charge in [-0.05, 0) is 29.3 Å². The Kier molecular flexibility index (Phi) is 3.78. The standard InChI is InChI=1S/C13H10ClF3N2/c14-10-3-1-2-8(6-10)12(18)9-4-5-11(19-7-9)13(15,16)17/h1-7,12H,18H2. The third-order valence-corrected chi connectivity index (χ3v) is 2.88. The zero-order valence-corrected chi connectivity index (χ0v) is 10.4. The molecule has 1 aromatic carbocycles. The SMILES string of the molecule is NC(c1ccc(C(F)(F)F)nc1)c1cccc(Cl)c1. The van der Waals surface area contributed by atoms with Crippen LogP contribution in [0.15, 0.2) is 42.6 Å². The fourth-order valence-electron chi connectivity index (χ4n) is 1.65. The Hall–Kier alpha value is -1.59. The van der Waals surface area contributed by atoms with Crippen molar-refractivity contribution >= 4 is 11.6 Å². The molecule has 2 N–H and O–H groups in total. The molecule has 100 valence electrons. The predicted octanol–water partition coefficient (Wildman–Crippen LogP) is 3.80. The molecule has 2 aromatic rings. The van der Waals surface area contributed by atoms with E-state index >= 15 is 0 Å². The van der Waals surface area contributed by atoms with Crippen molar-refractivity contribution < 1.29 is 13.2 Å². The lowest BCUT2D eigenvalue weighted by Gasteiger charge is -2.13. The number of aromatic nitrogens is 1. The number of hydrogen-bond acceptors (Lipinski definition) is 2. The molecule has 1 heterocycles. The van der Waals surface area contributed by atoms with E-state index in [0.29, 0.717) is 16.1 Å². The van der Waals surface area contributed by atoms with Crippen LogP contribution in [0.2, 0.25) is 5.02 Å². The van der Waals surface area contributed by atoms with E-state index in [1.54, 1.807) is 24.3 Å². The number of nitrogens with two attached hydrogens (primary N) is 1. The van der Waals surface area contributed by atoms with Crippen molar-refractivity contribution in [2.45, 2.75) is 12.2 Å². The summed E-state index contributed by atoms with van der Waals surface area (Å²) < 4.78 is 37.2. The maximum absolute atomic E-state index is 12.4. The van der Waals surface area contributed by atoms with Gasteiger partial charge in [0.2, 0.25) is 0 Å². The molecule has 1 unspecified atom stereocenters. The summed E-state index contributed by atoms with van der Waals surface area (Å²) in [5, 5.41) is 0.521. The molecule has 1 aromatic heterocycles. The number of pyridine rings is 1. The van der Waals surface area contributed by atoms with E-state index in [0.717, 1.165) is 12.3 Å². The first kappa shape index (κ1) is 13.8. The van der Waals surface area contributed by atoms with Crippen LogP contribution in [0.5, 0.6) is 0 Å².